The molecule has 6 bridgehead atoms. The Morgan fingerprint density at radius 1 is 0.909 bits per heavy atom. The number of benzene rings is 2. The molecule has 1 N–H and O–H groups in total. The molecule has 2 aromatic carbocycles. The van der Waals surface area contributed by atoms with Crippen molar-refractivity contribution in [2.75, 3.05) is 13.2 Å². The quantitative estimate of drug-likeness (QED) is 0.448. The Labute approximate surface area is 192 Å². The second kappa shape index (κ2) is 9.77. The maximum atomic E-state index is 12.1. The zero-order valence-electron chi connectivity index (χ0n) is 18.4. The van der Waals surface area contributed by atoms with Gasteiger partial charge in [-0.25, -0.2) is 9.97 Å². The van der Waals surface area contributed by atoms with Gasteiger partial charge in [0.25, 0.3) is 0 Å². The summed E-state index contributed by atoms with van der Waals surface area (Å²) < 4.78 is 7.57. The maximum Gasteiger partial charge on any atom is 0.220 e. The van der Waals surface area contributed by atoms with E-state index in [0.717, 1.165) is 42.7 Å². The zero-order chi connectivity index (χ0) is 22.5. The van der Waals surface area contributed by atoms with Gasteiger partial charge in [-0.1, -0.05) is 29.5 Å². The molecule has 1 amide bonds. The van der Waals surface area contributed by atoms with E-state index in [-0.39, 0.29) is 5.91 Å². The van der Waals surface area contributed by atoms with Crippen LogP contribution in [0.15, 0.2) is 54.7 Å². The van der Waals surface area contributed by atoms with Crippen LogP contribution in [0.25, 0.3) is 16.9 Å². The third-order valence-electron chi connectivity index (χ3n) is 5.74. The largest absolute Gasteiger partial charge is 0.494 e. The highest BCUT2D eigenvalue weighted by Gasteiger charge is 2.11. The summed E-state index contributed by atoms with van der Waals surface area (Å²) in [7, 11) is 0. The highest BCUT2D eigenvalue weighted by Crippen LogP contribution is 2.19. The smallest absolute Gasteiger partial charge is 0.220 e. The lowest BCUT2D eigenvalue weighted by Gasteiger charge is -2.08. The first-order chi connectivity index (χ1) is 16.2. The molecule has 33 heavy (non-hydrogen) atoms. The van der Waals surface area contributed by atoms with Crippen LogP contribution in [0.1, 0.15) is 42.6 Å². The molecular weight excluding hydrogens is 416 g/mol. The molecule has 8 heteroatoms. The highest BCUT2D eigenvalue weighted by atomic mass is 16.5. The van der Waals surface area contributed by atoms with Crippen molar-refractivity contribution in [3.63, 3.8) is 0 Å². The zero-order valence-corrected chi connectivity index (χ0v) is 18.4. The number of ether oxygens (including phenoxy) is 1. The Morgan fingerprint density at radius 3 is 2.58 bits per heavy atom. The number of carbonyl (C=O) groups excluding carboxylic acids is 1. The predicted octanol–water partition coefficient (Wildman–Crippen LogP) is 3.41. The average molecular weight is 443 g/mol. The van der Waals surface area contributed by atoms with Crippen LogP contribution in [0.4, 0.5) is 0 Å². The molecule has 0 aliphatic carbocycles. The number of aromatic nitrogens is 5. The van der Waals surface area contributed by atoms with Crippen LogP contribution in [0, 0.1) is 0 Å². The van der Waals surface area contributed by atoms with Gasteiger partial charge in [-0.3, -0.25) is 4.79 Å². The van der Waals surface area contributed by atoms with Crippen molar-refractivity contribution in [2.45, 2.75) is 38.5 Å². The maximum absolute atomic E-state index is 12.1. The van der Waals surface area contributed by atoms with Crippen LogP contribution in [-0.4, -0.2) is 44.0 Å². The summed E-state index contributed by atoms with van der Waals surface area (Å²) in [5, 5.41) is 11.5. The number of hydrogen-bond donors (Lipinski definition) is 1. The van der Waals surface area contributed by atoms with Crippen molar-refractivity contribution in [3.8, 4) is 11.4 Å². The molecule has 0 fully saturated rings. The number of rotatable bonds is 0. The van der Waals surface area contributed by atoms with E-state index in [1.54, 1.807) is 10.9 Å². The highest BCUT2D eigenvalue weighted by molar-refractivity contribution is 5.75. The summed E-state index contributed by atoms with van der Waals surface area (Å²) in [5.41, 5.74) is 4.56. The molecule has 0 radical (unpaired) electrons. The van der Waals surface area contributed by atoms with Gasteiger partial charge in [-0.15, -0.1) is 5.10 Å². The minimum absolute atomic E-state index is 0.112. The first-order valence-electron chi connectivity index (χ1n) is 11.4. The predicted molar refractivity (Wildman–Crippen MR) is 124 cm³/mol. The van der Waals surface area contributed by atoms with Crippen LogP contribution in [-0.2, 0) is 17.6 Å². The van der Waals surface area contributed by atoms with Gasteiger partial charge in [0.15, 0.2) is 11.2 Å². The molecule has 0 saturated carbocycles. The molecule has 3 aliphatic heterocycles. The number of hydrogen-bond acceptors (Lipinski definition) is 6. The van der Waals surface area contributed by atoms with E-state index in [1.165, 1.54) is 5.56 Å². The Hall–Kier alpha value is -3.81. The van der Waals surface area contributed by atoms with Crippen LogP contribution >= 0.6 is 0 Å². The molecule has 3 aliphatic rings. The summed E-state index contributed by atoms with van der Waals surface area (Å²) >= 11 is 0. The number of fused-ring (bicyclic) bond motifs is 2. The second-order valence-corrected chi connectivity index (χ2v) is 8.24. The number of carbonyl (C=O) groups is 1. The van der Waals surface area contributed by atoms with Crippen molar-refractivity contribution in [1.29, 1.82) is 0 Å². The van der Waals surface area contributed by atoms with Crippen LogP contribution in [0.3, 0.4) is 0 Å². The van der Waals surface area contributed by atoms with Gasteiger partial charge in [-0.2, -0.15) is 4.68 Å². The first-order valence-corrected chi connectivity index (χ1v) is 11.4. The molecule has 0 unspecified atom stereocenters. The van der Waals surface area contributed by atoms with Gasteiger partial charge < -0.3 is 10.1 Å². The van der Waals surface area contributed by atoms with Gasteiger partial charge in [0.1, 0.15) is 11.6 Å². The molecule has 4 aromatic rings. The molecule has 5 heterocycles. The number of nitrogens with zero attached hydrogens (tertiary/aromatic N) is 5. The fraction of sp³-hybridized carbons (Fsp3) is 0.320. The summed E-state index contributed by atoms with van der Waals surface area (Å²) in [6, 6.07) is 16.2. The molecule has 2 aromatic heterocycles. The van der Waals surface area contributed by atoms with Gasteiger partial charge in [0, 0.05) is 19.4 Å². The third kappa shape index (κ3) is 5.16. The normalized spacial score (nSPS) is 15.5. The lowest BCUT2D eigenvalue weighted by Crippen LogP contribution is -2.24. The van der Waals surface area contributed by atoms with Crippen LogP contribution < -0.4 is 10.1 Å². The van der Waals surface area contributed by atoms with E-state index < -0.39 is 0 Å². The van der Waals surface area contributed by atoms with E-state index in [2.05, 4.69) is 44.9 Å². The van der Waals surface area contributed by atoms with Gasteiger partial charge in [-0.05, 0) is 61.1 Å². The van der Waals surface area contributed by atoms with Crippen molar-refractivity contribution >= 4 is 17.1 Å². The molecule has 0 atom stereocenters. The Balaban J connectivity index is 1.41. The van der Waals surface area contributed by atoms with E-state index in [0.29, 0.717) is 43.0 Å². The molecule has 168 valence electrons. The SMILES string of the molecule is O=C1CCCc2ccc(cc2)Cc2ncc3nnn(c3n2)-c2ccc(cc2)OCCCCN1. The van der Waals surface area contributed by atoms with Crippen molar-refractivity contribution in [3.05, 3.63) is 71.7 Å². The molecular formula is C25H26N6O2. The van der Waals surface area contributed by atoms with Gasteiger partial charge >= 0.3 is 0 Å². The fourth-order valence-electron chi connectivity index (χ4n) is 3.90. The minimum Gasteiger partial charge on any atom is -0.494 e. The van der Waals surface area contributed by atoms with Gasteiger partial charge in [0.2, 0.25) is 5.91 Å². The van der Waals surface area contributed by atoms with Crippen molar-refractivity contribution in [2.24, 2.45) is 0 Å². The van der Waals surface area contributed by atoms with Gasteiger partial charge in [0.05, 0.1) is 18.5 Å². The third-order valence-corrected chi connectivity index (χ3v) is 5.74. The number of aryl methyl sites for hydroxylation is 1. The second-order valence-electron chi connectivity index (χ2n) is 8.24. The molecule has 8 nitrogen and oxygen atoms in total. The molecule has 0 saturated heterocycles. The van der Waals surface area contributed by atoms with Crippen molar-refractivity contribution < 1.29 is 9.53 Å². The molecule has 7 rings (SSSR count). The average Bonchev–Trinajstić information content (AvgIpc) is 3.25. The Kier molecular flexibility index (Phi) is 6.23. The van der Waals surface area contributed by atoms with E-state index in [1.807, 2.05) is 24.3 Å². The van der Waals surface area contributed by atoms with Crippen molar-refractivity contribution in [1.82, 2.24) is 30.3 Å². The minimum atomic E-state index is 0.112. The standard InChI is InChI=1S/C25H26N6O2/c32-24-5-3-4-18-6-8-19(9-7-18)16-23-27-17-22-25(28-23)31(30-29-22)20-10-12-21(13-11-20)33-15-2-1-14-26-24/h6-13,17H,1-5,14-16H2,(H,26,32). The topological polar surface area (TPSA) is 94.8 Å². The summed E-state index contributed by atoms with van der Waals surface area (Å²) in [5.74, 6) is 1.62. The first kappa shape index (κ1) is 21.1. The monoisotopic (exact) mass is 442 g/mol. The fourth-order valence-corrected chi connectivity index (χ4v) is 3.90. The van der Waals surface area contributed by atoms with Crippen LogP contribution in [0.5, 0.6) is 5.75 Å². The lowest BCUT2D eigenvalue weighted by atomic mass is 10.0. The number of nitrogens with one attached hydrogen (secondary N) is 1. The molecule has 0 spiro atoms. The van der Waals surface area contributed by atoms with E-state index >= 15 is 0 Å². The summed E-state index contributed by atoms with van der Waals surface area (Å²) in [6.07, 6.45) is 6.36. The summed E-state index contributed by atoms with van der Waals surface area (Å²) in [6.45, 7) is 1.28. The van der Waals surface area contributed by atoms with Crippen LogP contribution in [0.2, 0.25) is 0 Å². The Morgan fingerprint density at radius 2 is 1.73 bits per heavy atom. The van der Waals surface area contributed by atoms with E-state index in [4.69, 9.17) is 9.72 Å². The Bertz CT molecular complexity index is 1230. The number of amides is 1. The summed E-state index contributed by atoms with van der Waals surface area (Å²) in [4.78, 5) is 21.3. The lowest BCUT2D eigenvalue weighted by molar-refractivity contribution is -0.121. The van der Waals surface area contributed by atoms with E-state index in [9.17, 15) is 4.79 Å².